The van der Waals surface area contributed by atoms with E-state index in [1.54, 1.807) is 4.90 Å². The maximum Gasteiger partial charge on any atom is 0.325 e. The van der Waals surface area contributed by atoms with E-state index in [0.717, 1.165) is 12.8 Å². The third-order valence-corrected chi connectivity index (χ3v) is 3.62. The molecule has 0 fully saturated rings. The van der Waals surface area contributed by atoms with Gasteiger partial charge in [-0.3, -0.25) is 9.59 Å². The number of esters is 1. The van der Waals surface area contributed by atoms with Crippen LogP contribution in [0.4, 0.5) is 0 Å². The second-order valence-electron chi connectivity index (χ2n) is 4.82. The fourth-order valence-corrected chi connectivity index (χ4v) is 2.01. The first-order chi connectivity index (χ1) is 9.03. The summed E-state index contributed by atoms with van der Waals surface area (Å²) >= 11 is 0. The minimum Gasteiger partial charge on any atom is -0.468 e. The summed E-state index contributed by atoms with van der Waals surface area (Å²) in [5, 5.41) is 0. The molecule has 0 saturated heterocycles. The number of methoxy groups -OCH3 is 1. The van der Waals surface area contributed by atoms with Gasteiger partial charge in [-0.05, 0) is 12.3 Å². The molecule has 19 heavy (non-hydrogen) atoms. The van der Waals surface area contributed by atoms with Gasteiger partial charge in [0.25, 0.3) is 0 Å². The Balaban J connectivity index is 4.82. The normalized spacial score (nSPS) is 12.3. The topological polar surface area (TPSA) is 72.6 Å². The molecule has 0 radical (unpaired) electrons. The van der Waals surface area contributed by atoms with Crippen molar-refractivity contribution in [1.29, 1.82) is 0 Å². The van der Waals surface area contributed by atoms with Crippen LogP contribution < -0.4 is 5.73 Å². The van der Waals surface area contributed by atoms with Crippen LogP contribution in [0.15, 0.2) is 0 Å². The van der Waals surface area contributed by atoms with Crippen LogP contribution in [0.25, 0.3) is 0 Å². The molecule has 0 bridgehead atoms. The molecule has 0 aliphatic rings. The van der Waals surface area contributed by atoms with E-state index in [1.807, 2.05) is 6.92 Å². The van der Waals surface area contributed by atoms with Crippen molar-refractivity contribution in [3.05, 3.63) is 0 Å². The van der Waals surface area contributed by atoms with Crippen LogP contribution in [0.1, 0.15) is 40.0 Å². The summed E-state index contributed by atoms with van der Waals surface area (Å²) < 4.78 is 4.66. The predicted octanol–water partition coefficient (Wildman–Crippen LogP) is 1.41. The third kappa shape index (κ3) is 6.05. The molecule has 1 atom stereocenters. The number of hydrogen-bond acceptors (Lipinski definition) is 4. The van der Waals surface area contributed by atoms with E-state index in [9.17, 15) is 9.59 Å². The SMILES string of the molecule is CCC(CC)CN(CC(=O)OC)C(=O)C(CC)CN. The van der Waals surface area contributed by atoms with E-state index in [2.05, 4.69) is 18.6 Å². The number of nitrogens with zero attached hydrogens (tertiary/aromatic N) is 1. The van der Waals surface area contributed by atoms with Crippen LogP contribution in [0, 0.1) is 11.8 Å². The molecule has 1 amide bonds. The molecular weight excluding hydrogens is 244 g/mol. The molecule has 0 aromatic heterocycles. The van der Waals surface area contributed by atoms with Gasteiger partial charge < -0.3 is 15.4 Å². The molecule has 2 N–H and O–H groups in total. The second-order valence-corrected chi connectivity index (χ2v) is 4.82. The molecule has 0 aliphatic heterocycles. The molecule has 0 aromatic carbocycles. The van der Waals surface area contributed by atoms with Gasteiger partial charge in [-0.25, -0.2) is 0 Å². The van der Waals surface area contributed by atoms with Gasteiger partial charge in [-0.1, -0.05) is 33.6 Å². The fourth-order valence-electron chi connectivity index (χ4n) is 2.01. The summed E-state index contributed by atoms with van der Waals surface area (Å²) in [6.45, 7) is 7.04. The lowest BCUT2D eigenvalue weighted by Gasteiger charge is -2.28. The Bertz CT molecular complexity index is 274. The lowest BCUT2D eigenvalue weighted by molar-refractivity contribution is -0.149. The monoisotopic (exact) mass is 272 g/mol. The van der Waals surface area contributed by atoms with Crippen molar-refractivity contribution in [1.82, 2.24) is 4.90 Å². The first-order valence-electron chi connectivity index (χ1n) is 7.09. The lowest BCUT2D eigenvalue weighted by Crippen LogP contribution is -2.44. The third-order valence-electron chi connectivity index (χ3n) is 3.62. The molecule has 1 unspecified atom stereocenters. The highest BCUT2D eigenvalue weighted by atomic mass is 16.5. The van der Waals surface area contributed by atoms with E-state index >= 15 is 0 Å². The minimum absolute atomic E-state index is 0.0162. The van der Waals surface area contributed by atoms with E-state index < -0.39 is 0 Å². The van der Waals surface area contributed by atoms with Gasteiger partial charge in [-0.2, -0.15) is 0 Å². The zero-order valence-corrected chi connectivity index (χ0v) is 12.6. The van der Waals surface area contributed by atoms with Crippen LogP contribution in [0.3, 0.4) is 0 Å². The summed E-state index contributed by atoms with van der Waals surface area (Å²) in [6.07, 6.45) is 2.66. The maximum atomic E-state index is 12.4. The lowest BCUT2D eigenvalue weighted by atomic mass is 10.0. The molecule has 5 heteroatoms. The van der Waals surface area contributed by atoms with E-state index in [4.69, 9.17) is 5.73 Å². The molecule has 0 saturated carbocycles. The largest absolute Gasteiger partial charge is 0.468 e. The molecule has 5 nitrogen and oxygen atoms in total. The predicted molar refractivity (Wildman–Crippen MR) is 75.5 cm³/mol. The van der Waals surface area contributed by atoms with Gasteiger partial charge in [0.15, 0.2) is 0 Å². The van der Waals surface area contributed by atoms with Crippen molar-refractivity contribution < 1.29 is 14.3 Å². The average molecular weight is 272 g/mol. The van der Waals surface area contributed by atoms with Gasteiger partial charge in [-0.15, -0.1) is 0 Å². The number of rotatable bonds is 9. The Hall–Kier alpha value is -1.10. The number of nitrogens with two attached hydrogens (primary N) is 1. The Morgan fingerprint density at radius 1 is 1.16 bits per heavy atom. The summed E-state index contributed by atoms with van der Waals surface area (Å²) in [7, 11) is 1.34. The van der Waals surface area contributed by atoms with Gasteiger partial charge in [0.05, 0.1) is 13.0 Å². The summed E-state index contributed by atoms with van der Waals surface area (Å²) in [6, 6.07) is 0. The van der Waals surface area contributed by atoms with Crippen LogP contribution in [0.2, 0.25) is 0 Å². The number of hydrogen-bond donors (Lipinski definition) is 1. The zero-order valence-electron chi connectivity index (χ0n) is 12.6. The molecular formula is C14H28N2O3. The molecule has 0 heterocycles. The quantitative estimate of drug-likeness (QED) is 0.644. The van der Waals surface area contributed by atoms with Crippen molar-refractivity contribution in [3.8, 4) is 0 Å². The van der Waals surface area contributed by atoms with Crippen molar-refractivity contribution >= 4 is 11.9 Å². The van der Waals surface area contributed by atoms with Crippen LogP contribution in [-0.2, 0) is 14.3 Å². The Morgan fingerprint density at radius 2 is 1.74 bits per heavy atom. The van der Waals surface area contributed by atoms with Crippen LogP contribution in [0.5, 0.6) is 0 Å². The molecule has 0 rings (SSSR count). The first kappa shape index (κ1) is 17.9. The van der Waals surface area contributed by atoms with Gasteiger partial charge in [0.1, 0.15) is 6.54 Å². The van der Waals surface area contributed by atoms with E-state index in [0.29, 0.717) is 25.4 Å². The minimum atomic E-state index is -0.383. The summed E-state index contributed by atoms with van der Waals surface area (Å²) in [4.78, 5) is 25.4. The maximum absolute atomic E-state index is 12.4. The van der Waals surface area contributed by atoms with E-state index in [1.165, 1.54) is 7.11 Å². The number of carbonyl (C=O) groups excluding carboxylic acids is 2. The van der Waals surface area contributed by atoms with E-state index in [-0.39, 0.29) is 24.3 Å². The van der Waals surface area contributed by atoms with Crippen molar-refractivity contribution in [2.45, 2.75) is 40.0 Å². The van der Waals surface area contributed by atoms with Crippen molar-refractivity contribution in [3.63, 3.8) is 0 Å². The summed E-state index contributed by atoms with van der Waals surface area (Å²) in [5.74, 6) is -0.226. The van der Waals surface area contributed by atoms with Crippen LogP contribution >= 0.6 is 0 Å². The smallest absolute Gasteiger partial charge is 0.325 e. The molecule has 0 aromatic rings. The fraction of sp³-hybridized carbons (Fsp3) is 0.857. The Morgan fingerprint density at radius 3 is 2.11 bits per heavy atom. The number of ether oxygens (including phenoxy) is 1. The van der Waals surface area contributed by atoms with Crippen molar-refractivity contribution in [2.75, 3.05) is 26.7 Å². The van der Waals surface area contributed by atoms with Crippen molar-refractivity contribution in [2.24, 2.45) is 17.6 Å². The number of carbonyl (C=O) groups is 2. The number of amides is 1. The second kappa shape index (κ2) is 9.78. The first-order valence-corrected chi connectivity index (χ1v) is 7.09. The standard InChI is InChI=1S/C14H28N2O3/c1-5-11(6-2)9-16(10-13(17)19-4)14(18)12(7-3)8-15/h11-12H,5-10,15H2,1-4H3. The molecule has 0 spiro atoms. The Labute approximate surface area is 116 Å². The Kier molecular flexibility index (Phi) is 9.21. The van der Waals surface area contributed by atoms with Gasteiger partial charge in [0.2, 0.25) is 5.91 Å². The summed E-state index contributed by atoms with van der Waals surface area (Å²) in [5.41, 5.74) is 5.62. The highest BCUT2D eigenvalue weighted by Gasteiger charge is 2.25. The highest BCUT2D eigenvalue weighted by molar-refractivity contribution is 5.83. The van der Waals surface area contributed by atoms with Gasteiger partial charge in [0, 0.05) is 13.1 Å². The van der Waals surface area contributed by atoms with Crippen LogP contribution in [-0.4, -0.2) is 43.5 Å². The molecule has 0 aliphatic carbocycles. The van der Waals surface area contributed by atoms with Gasteiger partial charge >= 0.3 is 5.97 Å². The molecule has 112 valence electrons. The highest BCUT2D eigenvalue weighted by Crippen LogP contribution is 2.14. The average Bonchev–Trinajstić information content (AvgIpc) is 2.44. The zero-order chi connectivity index (χ0) is 14.8.